The topological polar surface area (TPSA) is 32.3 Å². The van der Waals surface area contributed by atoms with E-state index in [1.54, 1.807) is 0 Å². The van der Waals surface area contributed by atoms with Crippen molar-refractivity contribution in [2.45, 2.75) is 65.6 Å². The molecule has 1 saturated heterocycles. The predicted molar refractivity (Wildman–Crippen MR) is 69.5 cm³/mol. The predicted octanol–water partition coefficient (Wildman–Crippen LogP) is 2.37. The third-order valence-electron chi connectivity index (χ3n) is 4.38. The number of hydrogen-bond acceptors (Lipinski definition) is 2. The molecule has 1 aliphatic heterocycles. The SMILES string of the molecule is CC(C)C1NCC(=O)N1C1CCC(C)(C)CC1. The average Bonchev–Trinajstić information content (AvgIpc) is 2.61. The molecule has 3 nitrogen and oxygen atoms in total. The second-order valence-electron chi connectivity index (χ2n) is 6.77. The first kappa shape index (κ1) is 12.9. The van der Waals surface area contributed by atoms with Gasteiger partial charge in [-0.1, -0.05) is 27.7 Å². The second kappa shape index (κ2) is 4.60. The first-order valence-electron chi connectivity index (χ1n) is 6.95. The van der Waals surface area contributed by atoms with Crippen LogP contribution in [0.1, 0.15) is 53.4 Å². The molecule has 1 amide bonds. The highest BCUT2D eigenvalue weighted by molar-refractivity contribution is 5.81. The van der Waals surface area contributed by atoms with Crippen LogP contribution in [-0.2, 0) is 4.79 Å². The van der Waals surface area contributed by atoms with Gasteiger partial charge in [-0.2, -0.15) is 0 Å². The maximum absolute atomic E-state index is 12.0. The van der Waals surface area contributed by atoms with Gasteiger partial charge in [0.05, 0.1) is 12.7 Å². The van der Waals surface area contributed by atoms with E-state index >= 15 is 0 Å². The summed E-state index contributed by atoms with van der Waals surface area (Å²) in [6, 6.07) is 0.470. The molecule has 0 aromatic heterocycles. The lowest BCUT2D eigenvalue weighted by Crippen LogP contribution is -2.49. The Balaban J connectivity index is 2.03. The van der Waals surface area contributed by atoms with E-state index in [9.17, 15) is 4.79 Å². The highest BCUT2D eigenvalue weighted by Crippen LogP contribution is 2.38. The second-order valence-corrected chi connectivity index (χ2v) is 6.77. The minimum absolute atomic E-state index is 0.258. The van der Waals surface area contributed by atoms with Crippen molar-refractivity contribution >= 4 is 5.91 Å². The van der Waals surface area contributed by atoms with Gasteiger partial charge in [0, 0.05) is 6.04 Å². The Labute approximate surface area is 105 Å². The minimum Gasteiger partial charge on any atom is -0.323 e. The molecule has 3 heteroatoms. The van der Waals surface area contributed by atoms with Crippen LogP contribution in [0, 0.1) is 11.3 Å². The van der Waals surface area contributed by atoms with Crippen molar-refractivity contribution in [3.8, 4) is 0 Å². The van der Waals surface area contributed by atoms with Crippen LogP contribution in [0.15, 0.2) is 0 Å². The summed E-state index contributed by atoms with van der Waals surface area (Å²) in [6.07, 6.45) is 5.08. The number of nitrogens with one attached hydrogen (secondary N) is 1. The molecule has 0 radical (unpaired) electrons. The van der Waals surface area contributed by atoms with Gasteiger partial charge in [-0.25, -0.2) is 0 Å². The number of carbonyl (C=O) groups is 1. The molecule has 0 aromatic rings. The summed E-state index contributed by atoms with van der Waals surface area (Å²) in [5.41, 5.74) is 0.472. The number of amides is 1. The first-order valence-corrected chi connectivity index (χ1v) is 6.95. The van der Waals surface area contributed by atoms with E-state index in [2.05, 4.69) is 37.9 Å². The van der Waals surface area contributed by atoms with Crippen molar-refractivity contribution < 1.29 is 4.79 Å². The molecule has 0 bridgehead atoms. The highest BCUT2D eigenvalue weighted by Gasteiger charge is 2.39. The van der Waals surface area contributed by atoms with Crippen LogP contribution in [0.4, 0.5) is 0 Å². The van der Waals surface area contributed by atoms with Gasteiger partial charge in [0.25, 0.3) is 0 Å². The fourth-order valence-electron chi connectivity index (χ4n) is 3.19. The molecule has 1 saturated carbocycles. The molecule has 1 atom stereocenters. The maximum Gasteiger partial charge on any atom is 0.238 e. The van der Waals surface area contributed by atoms with E-state index in [0.717, 1.165) is 0 Å². The molecule has 1 N–H and O–H groups in total. The fraction of sp³-hybridized carbons (Fsp3) is 0.929. The smallest absolute Gasteiger partial charge is 0.238 e. The molecule has 1 heterocycles. The van der Waals surface area contributed by atoms with Crippen LogP contribution in [0.25, 0.3) is 0 Å². The van der Waals surface area contributed by atoms with Crippen molar-refractivity contribution in [1.82, 2.24) is 10.2 Å². The molecule has 98 valence electrons. The van der Waals surface area contributed by atoms with Gasteiger partial charge in [0.2, 0.25) is 5.91 Å². The third-order valence-corrected chi connectivity index (χ3v) is 4.38. The monoisotopic (exact) mass is 238 g/mol. The highest BCUT2D eigenvalue weighted by atomic mass is 16.2. The van der Waals surface area contributed by atoms with Crippen LogP contribution < -0.4 is 5.32 Å². The van der Waals surface area contributed by atoms with Gasteiger partial charge >= 0.3 is 0 Å². The number of hydrogen-bond donors (Lipinski definition) is 1. The van der Waals surface area contributed by atoms with E-state index in [0.29, 0.717) is 29.8 Å². The summed E-state index contributed by atoms with van der Waals surface area (Å²) in [5.74, 6) is 0.796. The molecule has 0 aromatic carbocycles. The normalized spacial score (nSPS) is 30.3. The minimum atomic E-state index is 0.258. The van der Waals surface area contributed by atoms with Gasteiger partial charge in [-0.15, -0.1) is 0 Å². The van der Waals surface area contributed by atoms with Crippen molar-refractivity contribution in [3.05, 3.63) is 0 Å². The Bertz CT molecular complexity index is 289. The zero-order chi connectivity index (χ0) is 12.6. The largest absolute Gasteiger partial charge is 0.323 e. The molecule has 2 aliphatic rings. The molecular weight excluding hydrogens is 212 g/mol. The maximum atomic E-state index is 12.0. The van der Waals surface area contributed by atoms with Gasteiger partial charge in [0.1, 0.15) is 0 Å². The molecule has 1 unspecified atom stereocenters. The van der Waals surface area contributed by atoms with Gasteiger partial charge < -0.3 is 4.90 Å². The van der Waals surface area contributed by atoms with E-state index < -0.39 is 0 Å². The van der Waals surface area contributed by atoms with E-state index in [-0.39, 0.29) is 6.17 Å². The summed E-state index contributed by atoms with van der Waals surface area (Å²) in [6.45, 7) is 9.59. The first-order chi connectivity index (χ1) is 7.91. The molecule has 2 rings (SSSR count). The Hall–Kier alpha value is -0.570. The standard InChI is InChI=1S/C14H26N2O/c1-10(2)13-15-9-12(17)16(13)11-5-7-14(3,4)8-6-11/h10-11,13,15H,5-9H2,1-4H3. The summed E-state index contributed by atoms with van der Waals surface area (Å²) < 4.78 is 0. The van der Waals surface area contributed by atoms with Crippen molar-refractivity contribution in [1.29, 1.82) is 0 Å². The molecule has 0 spiro atoms. The molecule has 1 aliphatic carbocycles. The van der Waals surface area contributed by atoms with Crippen LogP contribution >= 0.6 is 0 Å². The van der Waals surface area contributed by atoms with Crippen molar-refractivity contribution in [2.24, 2.45) is 11.3 Å². The Kier molecular flexibility index (Phi) is 3.48. The lowest BCUT2D eigenvalue weighted by atomic mass is 9.75. The Morgan fingerprint density at radius 3 is 2.41 bits per heavy atom. The zero-order valence-electron chi connectivity index (χ0n) is 11.6. The van der Waals surface area contributed by atoms with Gasteiger partial charge in [-0.05, 0) is 37.0 Å². The van der Waals surface area contributed by atoms with Crippen LogP contribution in [0.5, 0.6) is 0 Å². The lowest BCUT2D eigenvalue weighted by molar-refractivity contribution is -0.132. The van der Waals surface area contributed by atoms with Crippen molar-refractivity contribution in [3.63, 3.8) is 0 Å². The van der Waals surface area contributed by atoms with Crippen LogP contribution in [0.3, 0.4) is 0 Å². The van der Waals surface area contributed by atoms with Gasteiger partial charge in [-0.3, -0.25) is 10.1 Å². The van der Waals surface area contributed by atoms with E-state index in [4.69, 9.17) is 0 Å². The summed E-state index contributed by atoms with van der Waals surface area (Å²) in [7, 11) is 0. The Morgan fingerprint density at radius 1 is 1.29 bits per heavy atom. The number of rotatable bonds is 2. The Morgan fingerprint density at radius 2 is 1.88 bits per heavy atom. The lowest BCUT2D eigenvalue weighted by Gasteiger charge is -2.41. The molecule has 2 fully saturated rings. The zero-order valence-corrected chi connectivity index (χ0v) is 11.6. The summed E-state index contributed by atoms with van der Waals surface area (Å²) in [4.78, 5) is 14.2. The third kappa shape index (κ3) is 2.65. The summed E-state index contributed by atoms with van der Waals surface area (Å²) >= 11 is 0. The van der Waals surface area contributed by atoms with Gasteiger partial charge in [0.15, 0.2) is 0 Å². The summed E-state index contributed by atoms with van der Waals surface area (Å²) in [5, 5.41) is 3.35. The average molecular weight is 238 g/mol. The van der Waals surface area contributed by atoms with E-state index in [1.165, 1.54) is 25.7 Å². The molecule has 17 heavy (non-hydrogen) atoms. The number of nitrogens with zero attached hydrogens (tertiary/aromatic N) is 1. The van der Waals surface area contributed by atoms with E-state index in [1.807, 2.05) is 0 Å². The number of carbonyl (C=O) groups excluding carboxylic acids is 1. The van der Waals surface area contributed by atoms with Crippen LogP contribution in [0.2, 0.25) is 0 Å². The quantitative estimate of drug-likeness (QED) is 0.801. The van der Waals surface area contributed by atoms with Crippen molar-refractivity contribution in [2.75, 3.05) is 6.54 Å². The molecular formula is C14H26N2O. The fourth-order valence-corrected chi connectivity index (χ4v) is 3.19. The van der Waals surface area contributed by atoms with Crippen LogP contribution in [-0.4, -0.2) is 29.6 Å².